The highest BCUT2D eigenvalue weighted by Gasteiger charge is 2.22. The van der Waals surface area contributed by atoms with Crippen LogP contribution in [-0.4, -0.2) is 30.6 Å². The molecule has 2 aromatic carbocycles. The molecule has 3 aromatic heterocycles. The van der Waals surface area contributed by atoms with Gasteiger partial charge in [0.25, 0.3) is 11.5 Å². The first-order chi connectivity index (χ1) is 16.9. The van der Waals surface area contributed by atoms with Gasteiger partial charge in [-0.15, -0.1) is 0 Å². The summed E-state index contributed by atoms with van der Waals surface area (Å²) in [5, 5.41) is 10.9. The van der Waals surface area contributed by atoms with Crippen LogP contribution >= 0.6 is 11.6 Å². The van der Waals surface area contributed by atoms with Crippen LogP contribution in [0.15, 0.2) is 78.0 Å². The molecule has 9 nitrogen and oxygen atoms in total. The summed E-state index contributed by atoms with van der Waals surface area (Å²) in [5.74, 6) is -0.529. The van der Waals surface area contributed by atoms with E-state index in [4.69, 9.17) is 17.3 Å². The Balaban J connectivity index is 1.58. The molecule has 0 fully saturated rings. The number of hydrogen-bond donors (Lipinski definition) is 3. The van der Waals surface area contributed by atoms with Crippen LogP contribution in [-0.2, 0) is 0 Å². The maximum absolute atomic E-state index is 13.6. The Kier molecular flexibility index (Phi) is 5.76. The number of carbonyl (C=O) groups excluding carboxylic acids is 1. The normalized spacial score (nSPS) is 11.9. The number of para-hydroxylation sites is 1. The second-order valence-electron chi connectivity index (χ2n) is 7.92. The largest absolute Gasteiger partial charge is 0.382 e. The van der Waals surface area contributed by atoms with Crippen LogP contribution in [0.25, 0.3) is 27.7 Å². The van der Waals surface area contributed by atoms with Crippen molar-refractivity contribution in [3.8, 4) is 16.9 Å². The lowest BCUT2D eigenvalue weighted by Gasteiger charge is -2.21. The van der Waals surface area contributed by atoms with Gasteiger partial charge >= 0.3 is 0 Å². The van der Waals surface area contributed by atoms with Gasteiger partial charge in [-0.25, -0.2) is 9.97 Å². The summed E-state index contributed by atoms with van der Waals surface area (Å²) >= 11 is 6.37. The van der Waals surface area contributed by atoms with Crippen molar-refractivity contribution >= 4 is 34.1 Å². The third-order valence-corrected chi connectivity index (χ3v) is 5.95. The molecular weight excluding hydrogens is 466 g/mol. The van der Waals surface area contributed by atoms with E-state index in [9.17, 15) is 9.59 Å². The summed E-state index contributed by atoms with van der Waals surface area (Å²) in [7, 11) is 0. The van der Waals surface area contributed by atoms with Crippen molar-refractivity contribution < 1.29 is 4.79 Å². The molecule has 3 heterocycles. The number of H-pyrrole nitrogens is 1. The number of aromatic nitrogens is 5. The third kappa shape index (κ3) is 4.13. The number of nitrogens with two attached hydrogens (primary N) is 1. The minimum Gasteiger partial charge on any atom is -0.382 e. The first-order valence-corrected chi connectivity index (χ1v) is 11.1. The van der Waals surface area contributed by atoms with Gasteiger partial charge in [-0.1, -0.05) is 41.9 Å². The van der Waals surface area contributed by atoms with Crippen molar-refractivity contribution in [3.05, 3.63) is 100.0 Å². The predicted molar refractivity (Wildman–Crippen MR) is 134 cm³/mol. The average molecular weight is 486 g/mol. The number of benzene rings is 2. The van der Waals surface area contributed by atoms with Crippen LogP contribution < -0.4 is 16.6 Å². The van der Waals surface area contributed by atoms with Gasteiger partial charge in [-0.2, -0.15) is 5.10 Å². The van der Waals surface area contributed by atoms with Gasteiger partial charge in [0.05, 0.1) is 34.5 Å². The molecule has 1 atom stereocenters. The maximum Gasteiger partial charge on any atom is 0.274 e. The van der Waals surface area contributed by atoms with E-state index in [1.165, 1.54) is 6.20 Å². The van der Waals surface area contributed by atoms with Crippen LogP contribution in [0.1, 0.15) is 29.1 Å². The SMILES string of the molecule is CC(NC(=O)c1nc(-c2cn[nH]c2)cnc1N)c1cc2cccc(Cl)c2c(=O)n1-c1ccccc1. The molecule has 1 amide bonds. The molecule has 0 radical (unpaired) electrons. The van der Waals surface area contributed by atoms with Gasteiger partial charge in [0.2, 0.25) is 0 Å². The molecule has 4 N–H and O–H groups in total. The topological polar surface area (TPSA) is 132 Å². The summed E-state index contributed by atoms with van der Waals surface area (Å²) in [5.41, 5.74) is 8.01. The minimum atomic E-state index is -0.586. The lowest BCUT2D eigenvalue weighted by Crippen LogP contribution is -2.33. The fourth-order valence-electron chi connectivity index (χ4n) is 3.94. The summed E-state index contributed by atoms with van der Waals surface area (Å²) in [4.78, 5) is 35.3. The number of nitrogen functional groups attached to an aromatic ring is 1. The van der Waals surface area contributed by atoms with Crippen molar-refractivity contribution in [2.45, 2.75) is 13.0 Å². The molecule has 35 heavy (non-hydrogen) atoms. The third-order valence-electron chi connectivity index (χ3n) is 5.64. The molecule has 10 heteroatoms. The molecule has 1 unspecified atom stereocenters. The van der Waals surface area contributed by atoms with Gasteiger partial charge in [0.15, 0.2) is 11.5 Å². The lowest BCUT2D eigenvalue weighted by molar-refractivity contribution is 0.0934. The summed E-state index contributed by atoms with van der Waals surface area (Å²) in [6, 6.07) is 15.7. The van der Waals surface area contributed by atoms with Gasteiger partial charge in [-0.05, 0) is 36.6 Å². The first kappa shape index (κ1) is 22.3. The van der Waals surface area contributed by atoms with E-state index >= 15 is 0 Å². The molecule has 0 aliphatic rings. The van der Waals surface area contributed by atoms with Crippen LogP contribution in [0.2, 0.25) is 5.02 Å². The smallest absolute Gasteiger partial charge is 0.274 e. The lowest BCUT2D eigenvalue weighted by atomic mass is 10.1. The van der Waals surface area contributed by atoms with Crippen molar-refractivity contribution in [3.63, 3.8) is 0 Å². The second-order valence-corrected chi connectivity index (χ2v) is 8.33. The highest BCUT2D eigenvalue weighted by molar-refractivity contribution is 6.35. The average Bonchev–Trinajstić information content (AvgIpc) is 3.39. The summed E-state index contributed by atoms with van der Waals surface area (Å²) in [6.07, 6.45) is 4.69. The van der Waals surface area contributed by atoms with E-state index in [-0.39, 0.29) is 17.1 Å². The Morgan fingerprint density at radius 2 is 1.94 bits per heavy atom. The molecule has 0 saturated carbocycles. The van der Waals surface area contributed by atoms with Crippen molar-refractivity contribution in [1.29, 1.82) is 0 Å². The quantitative estimate of drug-likeness (QED) is 0.346. The van der Waals surface area contributed by atoms with E-state index in [1.807, 2.05) is 42.5 Å². The zero-order chi connectivity index (χ0) is 24.5. The van der Waals surface area contributed by atoms with Gasteiger partial charge in [-0.3, -0.25) is 19.3 Å². The summed E-state index contributed by atoms with van der Waals surface area (Å²) < 4.78 is 1.55. The van der Waals surface area contributed by atoms with Crippen LogP contribution in [0.3, 0.4) is 0 Å². The zero-order valence-electron chi connectivity index (χ0n) is 18.6. The van der Waals surface area contributed by atoms with Crippen LogP contribution in [0.4, 0.5) is 5.82 Å². The Morgan fingerprint density at radius 3 is 2.69 bits per heavy atom. The minimum absolute atomic E-state index is 0.00677. The molecule has 0 bridgehead atoms. The van der Waals surface area contributed by atoms with Crippen LogP contribution in [0, 0.1) is 0 Å². The number of nitrogens with one attached hydrogen (secondary N) is 2. The number of amides is 1. The van der Waals surface area contributed by atoms with Gasteiger partial charge in [0, 0.05) is 23.1 Å². The number of carbonyl (C=O) groups is 1. The number of fused-ring (bicyclic) bond motifs is 1. The number of anilines is 1. The van der Waals surface area contributed by atoms with Crippen LogP contribution in [0.5, 0.6) is 0 Å². The molecule has 5 aromatic rings. The fourth-order valence-corrected chi connectivity index (χ4v) is 4.20. The van der Waals surface area contributed by atoms with E-state index in [0.717, 1.165) is 0 Å². The van der Waals surface area contributed by atoms with Crippen molar-refractivity contribution in [1.82, 2.24) is 30.0 Å². The van der Waals surface area contributed by atoms with Gasteiger partial charge < -0.3 is 11.1 Å². The highest BCUT2D eigenvalue weighted by atomic mass is 35.5. The number of nitrogens with zero attached hydrogens (tertiary/aromatic N) is 4. The number of aromatic amines is 1. The van der Waals surface area contributed by atoms with Crippen molar-refractivity contribution in [2.24, 2.45) is 0 Å². The number of pyridine rings is 1. The molecule has 5 rings (SSSR count). The van der Waals surface area contributed by atoms with E-state index in [1.54, 1.807) is 36.0 Å². The Hall–Kier alpha value is -4.50. The Labute approximate surface area is 204 Å². The standard InChI is InChI=1S/C25H20ClN7O2/c1-14(31-24(34)22-23(27)28-13-19(32-22)16-11-29-30-12-16)20-10-15-6-5-9-18(26)21(15)25(35)33(20)17-7-3-2-4-8-17/h2-14H,1H3,(H2,27,28)(H,29,30)(H,31,34). The van der Waals surface area contributed by atoms with E-state index in [2.05, 4.69) is 25.5 Å². The maximum atomic E-state index is 13.6. The van der Waals surface area contributed by atoms with Crippen molar-refractivity contribution in [2.75, 3.05) is 5.73 Å². The molecule has 0 aliphatic carbocycles. The molecule has 174 valence electrons. The monoisotopic (exact) mass is 485 g/mol. The first-order valence-electron chi connectivity index (χ1n) is 10.8. The molecular formula is C25H20ClN7O2. The molecule has 0 spiro atoms. The Morgan fingerprint density at radius 1 is 1.14 bits per heavy atom. The molecule has 0 aliphatic heterocycles. The Bertz CT molecular complexity index is 1600. The zero-order valence-corrected chi connectivity index (χ0v) is 19.3. The predicted octanol–water partition coefficient (Wildman–Crippen LogP) is 3.90. The summed E-state index contributed by atoms with van der Waals surface area (Å²) in [6.45, 7) is 1.78. The molecule has 0 saturated heterocycles. The fraction of sp³-hybridized carbons (Fsp3) is 0.0800. The van der Waals surface area contributed by atoms with E-state index < -0.39 is 11.9 Å². The number of hydrogen-bond acceptors (Lipinski definition) is 6. The number of halogens is 1. The van der Waals surface area contributed by atoms with Gasteiger partial charge in [0.1, 0.15) is 0 Å². The number of rotatable bonds is 5. The second kappa shape index (κ2) is 9.03. The van der Waals surface area contributed by atoms with E-state index in [0.29, 0.717) is 38.4 Å². The highest BCUT2D eigenvalue weighted by Crippen LogP contribution is 2.26.